The molecule has 0 aliphatic rings. The average molecular weight is 317 g/mol. The Balaban J connectivity index is 2.26. The minimum atomic E-state index is -0.249. The number of nitrogens with zero attached hydrogens (tertiary/aromatic N) is 1. The van der Waals surface area contributed by atoms with E-state index in [2.05, 4.69) is 9.97 Å². The minimum absolute atomic E-state index is 0.249. The van der Waals surface area contributed by atoms with Gasteiger partial charge in [-0.25, -0.2) is 4.98 Å². The second-order valence-corrected chi connectivity index (χ2v) is 5.09. The predicted molar refractivity (Wildman–Crippen MR) is 85.9 cm³/mol. The Morgan fingerprint density at radius 3 is 2.50 bits per heavy atom. The number of fused-ring (bicyclic) bond motifs is 1. The number of rotatable bonds is 3. The van der Waals surface area contributed by atoms with Crippen molar-refractivity contribution in [2.24, 2.45) is 0 Å². The highest BCUT2D eigenvalue weighted by atomic mass is 35.5. The van der Waals surface area contributed by atoms with E-state index in [0.29, 0.717) is 33.2 Å². The lowest BCUT2D eigenvalue weighted by molar-refractivity contribution is 0.355. The van der Waals surface area contributed by atoms with Crippen LogP contribution in [0.5, 0.6) is 11.5 Å². The molecule has 2 aromatic carbocycles. The normalized spacial score (nSPS) is 10.7. The predicted octanol–water partition coefficient (Wildman–Crippen LogP) is 3.26. The van der Waals surface area contributed by atoms with Gasteiger partial charge in [0.25, 0.3) is 5.56 Å². The van der Waals surface area contributed by atoms with Crippen LogP contribution in [0.3, 0.4) is 0 Å². The number of nitrogens with one attached hydrogen (secondary N) is 1. The molecule has 0 saturated carbocycles. The fourth-order valence-electron chi connectivity index (χ4n) is 2.24. The number of hydrogen-bond donors (Lipinski definition) is 1. The minimum Gasteiger partial charge on any atom is -0.493 e. The van der Waals surface area contributed by atoms with Gasteiger partial charge >= 0.3 is 0 Å². The number of ether oxygens (including phenoxy) is 2. The molecule has 0 saturated heterocycles. The molecular weight excluding hydrogens is 304 g/mol. The van der Waals surface area contributed by atoms with E-state index in [4.69, 9.17) is 21.1 Å². The molecule has 0 aliphatic heterocycles. The Morgan fingerprint density at radius 2 is 1.82 bits per heavy atom. The number of methoxy groups -OCH3 is 2. The lowest BCUT2D eigenvalue weighted by Gasteiger charge is -2.09. The average Bonchev–Trinajstić information content (AvgIpc) is 2.53. The zero-order valence-corrected chi connectivity index (χ0v) is 12.8. The summed E-state index contributed by atoms with van der Waals surface area (Å²) in [5, 5.41) is 1.01. The van der Waals surface area contributed by atoms with Gasteiger partial charge in [0, 0.05) is 16.7 Å². The van der Waals surface area contributed by atoms with Crippen LogP contribution in [0, 0.1) is 0 Å². The van der Waals surface area contributed by atoms with Crippen LogP contribution in [0.4, 0.5) is 0 Å². The summed E-state index contributed by atoms with van der Waals surface area (Å²) in [7, 11) is 3.06. The molecule has 112 valence electrons. The summed E-state index contributed by atoms with van der Waals surface area (Å²) in [5.41, 5.74) is 1.01. The highest BCUT2D eigenvalue weighted by Crippen LogP contribution is 2.30. The van der Waals surface area contributed by atoms with Crippen molar-refractivity contribution in [1.29, 1.82) is 0 Å². The van der Waals surface area contributed by atoms with Crippen molar-refractivity contribution in [3.63, 3.8) is 0 Å². The topological polar surface area (TPSA) is 64.2 Å². The molecule has 5 nitrogen and oxygen atoms in total. The molecule has 0 aliphatic carbocycles. The second kappa shape index (κ2) is 5.69. The fraction of sp³-hybridized carbons (Fsp3) is 0.125. The van der Waals surface area contributed by atoms with Gasteiger partial charge in [-0.2, -0.15) is 0 Å². The van der Waals surface area contributed by atoms with Crippen LogP contribution in [-0.2, 0) is 0 Å². The maximum absolute atomic E-state index is 12.3. The number of H-pyrrole nitrogens is 1. The quantitative estimate of drug-likeness (QED) is 0.805. The van der Waals surface area contributed by atoms with Crippen LogP contribution >= 0.6 is 11.6 Å². The van der Waals surface area contributed by atoms with Gasteiger partial charge in [0.05, 0.1) is 25.1 Å². The van der Waals surface area contributed by atoms with Gasteiger partial charge in [-0.05, 0) is 18.2 Å². The Labute approximate surface area is 131 Å². The van der Waals surface area contributed by atoms with E-state index < -0.39 is 0 Å². The van der Waals surface area contributed by atoms with Crippen LogP contribution in [0.15, 0.2) is 41.2 Å². The first-order valence-corrected chi connectivity index (χ1v) is 6.92. The van der Waals surface area contributed by atoms with Gasteiger partial charge in [0.15, 0.2) is 11.5 Å². The van der Waals surface area contributed by atoms with Crippen LogP contribution < -0.4 is 15.0 Å². The molecule has 0 atom stereocenters. The summed E-state index contributed by atoms with van der Waals surface area (Å²) in [6, 6.07) is 10.4. The lowest BCUT2D eigenvalue weighted by Crippen LogP contribution is -2.10. The fourth-order valence-corrected chi connectivity index (χ4v) is 2.43. The van der Waals surface area contributed by atoms with Crippen molar-refractivity contribution in [2.45, 2.75) is 0 Å². The molecule has 0 unspecified atom stereocenters. The van der Waals surface area contributed by atoms with E-state index in [0.717, 1.165) is 5.56 Å². The van der Waals surface area contributed by atoms with Gasteiger partial charge in [-0.3, -0.25) is 4.79 Å². The summed E-state index contributed by atoms with van der Waals surface area (Å²) in [6.07, 6.45) is 0. The largest absolute Gasteiger partial charge is 0.493 e. The maximum atomic E-state index is 12.3. The molecule has 0 spiro atoms. The Bertz CT molecular complexity index is 906. The number of benzene rings is 2. The molecular formula is C16H13ClN2O3. The Hall–Kier alpha value is -2.53. The molecule has 22 heavy (non-hydrogen) atoms. The molecule has 6 heteroatoms. The van der Waals surface area contributed by atoms with Crippen LogP contribution in [0.1, 0.15) is 0 Å². The van der Waals surface area contributed by atoms with E-state index in [1.165, 1.54) is 14.2 Å². The molecule has 0 amide bonds. The summed E-state index contributed by atoms with van der Waals surface area (Å²) in [4.78, 5) is 19.5. The van der Waals surface area contributed by atoms with Gasteiger partial charge in [-0.1, -0.05) is 23.7 Å². The highest BCUT2D eigenvalue weighted by Gasteiger charge is 2.11. The van der Waals surface area contributed by atoms with Gasteiger partial charge in [-0.15, -0.1) is 0 Å². The van der Waals surface area contributed by atoms with Crippen LogP contribution in [0.2, 0.25) is 5.02 Å². The monoisotopic (exact) mass is 316 g/mol. The van der Waals surface area contributed by atoms with Crippen LogP contribution in [-0.4, -0.2) is 24.2 Å². The van der Waals surface area contributed by atoms with Crippen molar-refractivity contribution in [3.05, 3.63) is 51.8 Å². The van der Waals surface area contributed by atoms with Crippen LogP contribution in [0.25, 0.3) is 22.3 Å². The molecule has 1 aromatic heterocycles. The Morgan fingerprint density at radius 1 is 1.09 bits per heavy atom. The Kier molecular flexibility index (Phi) is 3.73. The van der Waals surface area contributed by atoms with Crippen molar-refractivity contribution >= 4 is 22.5 Å². The van der Waals surface area contributed by atoms with Crippen molar-refractivity contribution < 1.29 is 9.47 Å². The van der Waals surface area contributed by atoms with E-state index in [9.17, 15) is 4.79 Å². The van der Waals surface area contributed by atoms with Gasteiger partial charge < -0.3 is 14.5 Å². The summed E-state index contributed by atoms with van der Waals surface area (Å²) in [6.45, 7) is 0. The SMILES string of the molecule is COc1cc2nc(-c3cccc(Cl)c3)[nH]c(=O)c2cc1OC. The van der Waals surface area contributed by atoms with Crippen molar-refractivity contribution in [1.82, 2.24) is 9.97 Å². The van der Waals surface area contributed by atoms with Crippen molar-refractivity contribution in [2.75, 3.05) is 14.2 Å². The highest BCUT2D eigenvalue weighted by molar-refractivity contribution is 6.30. The molecule has 1 heterocycles. The molecule has 0 fully saturated rings. The molecule has 3 rings (SSSR count). The summed E-state index contributed by atoms with van der Waals surface area (Å²) >= 11 is 5.98. The third-order valence-corrected chi connectivity index (χ3v) is 3.54. The molecule has 0 radical (unpaired) electrons. The third kappa shape index (κ3) is 2.51. The second-order valence-electron chi connectivity index (χ2n) is 4.65. The summed E-state index contributed by atoms with van der Waals surface area (Å²) < 4.78 is 10.5. The van der Waals surface area contributed by atoms with Gasteiger partial charge in [0.1, 0.15) is 5.82 Å². The maximum Gasteiger partial charge on any atom is 0.259 e. The standard InChI is InChI=1S/C16H13ClN2O3/c1-21-13-7-11-12(8-14(13)22-2)18-15(19-16(11)20)9-4-3-5-10(17)6-9/h3-8H,1-2H3,(H,18,19,20). The van der Waals surface area contributed by atoms with E-state index >= 15 is 0 Å². The smallest absolute Gasteiger partial charge is 0.259 e. The number of hydrogen-bond acceptors (Lipinski definition) is 4. The number of aromatic nitrogens is 2. The van der Waals surface area contributed by atoms with Crippen molar-refractivity contribution in [3.8, 4) is 22.9 Å². The third-order valence-electron chi connectivity index (χ3n) is 3.31. The van der Waals surface area contributed by atoms with E-state index in [1.807, 2.05) is 6.07 Å². The molecule has 3 aromatic rings. The van der Waals surface area contributed by atoms with E-state index in [-0.39, 0.29) is 5.56 Å². The van der Waals surface area contributed by atoms with E-state index in [1.54, 1.807) is 30.3 Å². The number of aromatic amines is 1. The molecule has 1 N–H and O–H groups in total. The summed E-state index contributed by atoms with van der Waals surface area (Å²) in [5.74, 6) is 1.45. The first-order valence-electron chi connectivity index (χ1n) is 6.54. The van der Waals surface area contributed by atoms with Gasteiger partial charge in [0.2, 0.25) is 0 Å². The lowest BCUT2D eigenvalue weighted by atomic mass is 10.2. The first-order chi connectivity index (χ1) is 10.6. The zero-order valence-electron chi connectivity index (χ0n) is 12.0. The first kappa shape index (κ1) is 14.4. The molecule has 0 bridgehead atoms. The number of halogens is 1. The zero-order chi connectivity index (χ0) is 15.7.